The van der Waals surface area contributed by atoms with Crippen molar-refractivity contribution < 1.29 is 9.90 Å². The standard InChI is InChI=1S/C7H5IO2S/c8-6-3-1-5(11-6)2-4-7(9)10/h1-4H,(H,9,10). The van der Waals surface area contributed by atoms with E-state index in [2.05, 4.69) is 22.6 Å². The van der Waals surface area contributed by atoms with E-state index in [4.69, 9.17) is 5.11 Å². The summed E-state index contributed by atoms with van der Waals surface area (Å²) in [6.45, 7) is 0. The van der Waals surface area contributed by atoms with E-state index in [0.29, 0.717) is 0 Å². The van der Waals surface area contributed by atoms with Crippen molar-refractivity contribution in [3.63, 3.8) is 0 Å². The maximum atomic E-state index is 10.1. The third kappa shape index (κ3) is 3.02. The van der Waals surface area contributed by atoms with Crippen LogP contribution >= 0.6 is 33.9 Å². The lowest BCUT2D eigenvalue weighted by molar-refractivity contribution is -0.131. The van der Waals surface area contributed by atoms with Gasteiger partial charge in [0, 0.05) is 11.0 Å². The first-order valence-electron chi connectivity index (χ1n) is 2.85. The summed E-state index contributed by atoms with van der Waals surface area (Å²) >= 11 is 3.76. The fraction of sp³-hybridized carbons (Fsp3) is 0. The van der Waals surface area contributed by atoms with E-state index < -0.39 is 5.97 Å². The van der Waals surface area contributed by atoms with Gasteiger partial charge in [0.1, 0.15) is 0 Å². The van der Waals surface area contributed by atoms with Crippen molar-refractivity contribution in [1.82, 2.24) is 0 Å². The van der Waals surface area contributed by atoms with Crippen molar-refractivity contribution in [2.24, 2.45) is 0 Å². The quantitative estimate of drug-likeness (QED) is 0.667. The second-order valence-corrected chi connectivity index (χ2v) is 4.82. The van der Waals surface area contributed by atoms with Crippen LogP contribution in [-0.2, 0) is 4.79 Å². The molecule has 1 heterocycles. The van der Waals surface area contributed by atoms with Crippen LogP contribution in [0.4, 0.5) is 0 Å². The van der Waals surface area contributed by atoms with E-state index in [1.165, 1.54) is 0 Å². The number of carboxylic acid groups (broad SMARTS) is 1. The maximum Gasteiger partial charge on any atom is 0.328 e. The molecule has 0 saturated carbocycles. The number of aliphatic carboxylic acids is 1. The summed E-state index contributed by atoms with van der Waals surface area (Å²) in [6.07, 6.45) is 2.73. The Morgan fingerprint density at radius 1 is 1.64 bits per heavy atom. The molecule has 0 unspecified atom stereocenters. The summed E-state index contributed by atoms with van der Waals surface area (Å²) in [6, 6.07) is 3.85. The van der Waals surface area contributed by atoms with Gasteiger partial charge >= 0.3 is 5.97 Å². The van der Waals surface area contributed by atoms with Gasteiger partial charge < -0.3 is 5.11 Å². The molecular weight excluding hydrogens is 275 g/mol. The number of thiophene rings is 1. The zero-order valence-corrected chi connectivity index (χ0v) is 8.43. The zero-order valence-electron chi connectivity index (χ0n) is 5.45. The molecule has 0 aliphatic rings. The number of rotatable bonds is 2. The minimum absolute atomic E-state index is 0.909. The lowest BCUT2D eigenvalue weighted by Crippen LogP contribution is -1.84. The minimum Gasteiger partial charge on any atom is -0.478 e. The van der Waals surface area contributed by atoms with Crippen LogP contribution in [0.3, 0.4) is 0 Å². The number of halogens is 1. The van der Waals surface area contributed by atoms with Gasteiger partial charge in [-0.25, -0.2) is 4.79 Å². The van der Waals surface area contributed by atoms with Crippen LogP contribution in [0.25, 0.3) is 6.08 Å². The van der Waals surface area contributed by atoms with Gasteiger partial charge in [-0.15, -0.1) is 11.3 Å². The monoisotopic (exact) mass is 280 g/mol. The van der Waals surface area contributed by atoms with Gasteiger partial charge in [0.05, 0.1) is 2.88 Å². The molecule has 0 spiro atoms. The highest BCUT2D eigenvalue weighted by Crippen LogP contribution is 2.19. The molecule has 0 atom stereocenters. The third-order valence-corrected chi connectivity index (χ3v) is 2.84. The van der Waals surface area contributed by atoms with Crippen molar-refractivity contribution in [1.29, 1.82) is 0 Å². The first kappa shape index (κ1) is 8.73. The summed E-state index contributed by atoms with van der Waals surface area (Å²) in [5, 5.41) is 8.30. The molecule has 0 saturated heterocycles. The van der Waals surface area contributed by atoms with Crippen molar-refractivity contribution in [3.05, 3.63) is 26.0 Å². The molecule has 4 heteroatoms. The lowest BCUT2D eigenvalue weighted by Gasteiger charge is -1.79. The number of carbonyl (C=O) groups is 1. The van der Waals surface area contributed by atoms with E-state index in [9.17, 15) is 4.79 Å². The second kappa shape index (κ2) is 3.87. The topological polar surface area (TPSA) is 37.3 Å². The Balaban J connectivity index is 2.71. The van der Waals surface area contributed by atoms with Crippen molar-refractivity contribution in [2.45, 2.75) is 0 Å². The van der Waals surface area contributed by atoms with Gasteiger partial charge in [-0.05, 0) is 40.8 Å². The Morgan fingerprint density at radius 3 is 2.82 bits per heavy atom. The molecule has 0 amide bonds. The second-order valence-electron chi connectivity index (χ2n) is 1.81. The first-order chi connectivity index (χ1) is 5.18. The molecule has 1 rings (SSSR count). The molecule has 1 aromatic heterocycles. The predicted molar refractivity (Wildman–Crippen MR) is 53.7 cm³/mol. The fourth-order valence-electron chi connectivity index (χ4n) is 0.571. The third-order valence-electron chi connectivity index (χ3n) is 0.984. The lowest BCUT2D eigenvalue weighted by atomic mass is 10.4. The smallest absolute Gasteiger partial charge is 0.328 e. The van der Waals surface area contributed by atoms with E-state index in [1.54, 1.807) is 17.4 Å². The Kier molecular flexibility index (Phi) is 3.07. The first-order valence-corrected chi connectivity index (χ1v) is 4.74. The van der Waals surface area contributed by atoms with Crippen molar-refractivity contribution in [3.8, 4) is 0 Å². The summed E-state index contributed by atoms with van der Waals surface area (Å²) in [7, 11) is 0. The van der Waals surface area contributed by atoms with Gasteiger partial charge in [-0.2, -0.15) is 0 Å². The molecule has 1 N–H and O–H groups in total. The van der Waals surface area contributed by atoms with Gasteiger partial charge in [-0.1, -0.05) is 0 Å². The predicted octanol–water partition coefficient (Wildman–Crippen LogP) is 2.45. The highest BCUT2D eigenvalue weighted by atomic mass is 127. The van der Waals surface area contributed by atoms with E-state index >= 15 is 0 Å². The Labute approximate surface area is 81.7 Å². The summed E-state index contributed by atoms with van der Waals surface area (Å²) < 4.78 is 1.16. The molecule has 2 nitrogen and oxygen atoms in total. The van der Waals surface area contributed by atoms with Gasteiger partial charge in [0.25, 0.3) is 0 Å². The normalized spacial score (nSPS) is 10.6. The Morgan fingerprint density at radius 2 is 2.36 bits per heavy atom. The van der Waals surface area contributed by atoms with Crippen LogP contribution in [-0.4, -0.2) is 11.1 Å². The fourth-order valence-corrected chi connectivity index (χ4v) is 2.15. The SMILES string of the molecule is O=C(O)C=Cc1ccc(I)s1. The van der Waals surface area contributed by atoms with Gasteiger partial charge in [-0.3, -0.25) is 0 Å². The van der Waals surface area contributed by atoms with E-state index in [0.717, 1.165) is 13.8 Å². The van der Waals surface area contributed by atoms with Crippen LogP contribution < -0.4 is 0 Å². The van der Waals surface area contributed by atoms with Gasteiger partial charge in [0.2, 0.25) is 0 Å². The summed E-state index contributed by atoms with van der Waals surface area (Å²) in [5.74, 6) is -0.909. The molecule has 1 aromatic rings. The molecule has 58 valence electrons. The van der Waals surface area contributed by atoms with Gasteiger partial charge in [0.15, 0.2) is 0 Å². The summed E-state index contributed by atoms with van der Waals surface area (Å²) in [4.78, 5) is 11.1. The van der Waals surface area contributed by atoms with Crippen LogP contribution in [0.2, 0.25) is 0 Å². The molecular formula is C7H5IO2S. The van der Waals surface area contributed by atoms with E-state index in [1.807, 2.05) is 12.1 Å². The zero-order chi connectivity index (χ0) is 8.27. The molecule has 0 aliphatic carbocycles. The molecule has 0 radical (unpaired) electrons. The van der Waals surface area contributed by atoms with E-state index in [-0.39, 0.29) is 0 Å². The van der Waals surface area contributed by atoms with Crippen LogP contribution in [0.15, 0.2) is 18.2 Å². The molecule has 0 aliphatic heterocycles. The minimum atomic E-state index is -0.909. The number of hydrogen-bond donors (Lipinski definition) is 1. The van der Waals surface area contributed by atoms with Crippen molar-refractivity contribution >= 4 is 46.0 Å². The molecule has 0 aromatic carbocycles. The molecule has 0 bridgehead atoms. The van der Waals surface area contributed by atoms with Crippen LogP contribution in [0.5, 0.6) is 0 Å². The maximum absolute atomic E-state index is 10.1. The van der Waals surface area contributed by atoms with Crippen LogP contribution in [0, 0.1) is 2.88 Å². The molecule has 0 fully saturated rings. The number of carboxylic acids is 1. The summed E-state index contributed by atoms with van der Waals surface area (Å²) in [5.41, 5.74) is 0. The highest BCUT2D eigenvalue weighted by Gasteiger charge is 1.92. The highest BCUT2D eigenvalue weighted by molar-refractivity contribution is 14.1. The van der Waals surface area contributed by atoms with Crippen molar-refractivity contribution in [2.75, 3.05) is 0 Å². The Hall–Kier alpha value is -0.360. The average Bonchev–Trinajstić information content (AvgIpc) is 2.31. The number of hydrogen-bond acceptors (Lipinski definition) is 2. The molecule has 11 heavy (non-hydrogen) atoms. The van der Waals surface area contributed by atoms with Crippen LogP contribution in [0.1, 0.15) is 4.88 Å². The largest absolute Gasteiger partial charge is 0.478 e. The Bertz CT molecular complexity index is 290. The average molecular weight is 280 g/mol.